The molecular formula is C6H13N5. The van der Waals surface area contributed by atoms with Crippen LogP contribution in [-0.2, 0) is 0 Å². The predicted molar refractivity (Wildman–Crippen MR) is 42.1 cm³/mol. The monoisotopic (exact) mass is 155 g/mol. The summed E-state index contributed by atoms with van der Waals surface area (Å²) in [6.07, 6.45) is 0.0369. The molecule has 0 aromatic rings. The van der Waals surface area contributed by atoms with E-state index >= 15 is 0 Å². The third kappa shape index (κ3) is 1.12. The van der Waals surface area contributed by atoms with Crippen molar-refractivity contribution in [3.8, 4) is 0 Å². The van der Waals surface area contributed by atoms with Crippen LogP contribution in [0.3, 0.4) is 0 Å². The largest absolute Gasteiger partial charge is 0.360 e. The van der Waals surface area contributed by atoms with E-state index < -0.39 is 0 Å². The summed E-state index contributed by atoms with van der Waals surface area (Å²) in [7, 11) is 0. The van der Waals surface area contributed by atoms with Crippen molar-refractivity contribution in [2.75, 3.05) is 6.67 Å². The standard InChI is InChI=1S/C6H13N5/c1-3-4-5(9-2-8-4)11-6(7)10-3/h4-6,8-11H,1-2,7H2. The van der Waals surface area contributed by atoms with Gasteiger partial charge in [0.15, 0.2) is 0 Å². The van der Waals surface area contributed by atoms with Crippen LogP contribution in [0.4, 0.5) is 0 Å². The van der Waals surface area contributed by atoms with Crippen molar-refractivity contribution in [2.45, 2.75) is 18.5 Å². The van der Waals surface area contributed by atoms with Crippen molar-refractivity contribution in [1.29, 1.82) is 0 Å². The third-order valence-electron chi connectivity index (χ3n) is 2.05. The molecule has 0 amide bonds. The van der Waals surface area contributed by atoms with Crippen molar-refractivity contribution in [3.05, 3.63) is 12.3 Å². The predicted octanol–water partition coefficient (Wildman–Crippen LogP) is -2.22. The molecule has 0 aromatic heterocycles. The van der Waals surface area contributed by atoms with Gasteiger partial charge in [-0.2, -0.15) is 0 Å². The maximum Gasteiger partial charge on any atom is 0.130 e. The number of hydrogen-bond donors (Lipinski definition) is 5. The van der Waals surface area contributed by atoms with Crippen LogP contribution < -0.4 is 27.0 Å². The molecule has 0 radical (unpaired) electrons. The van der Waals surface area contributed by atoms with Gasteiger partial charge >= 0.3 is 0 Å². The van der Waals surface area contributed by atoms with E-state index in [0.717, 1.165) is 12.4 Å². The summed E-state index contributed by atoms with van der Waals surface area (Å²) in [6.45, 7) is 4.68. The molecule has 5 heteroatoms. The summed E-state index contributed by atoms with van der Waals surface area (Å²) in [5.41, 5.74) is 6.58. The molecule has 0 aromatic carbocycles. The van der Waals surface area contributed by atoms with E-state index in [1.54, 1.807) is 0 Å². The minimum absolute atomic E-state index is 0.184. The Morgan fingerprint density at radius 1 is 1.45 bits per heavy atom. The second kappa shape index (κ2) is 2.46. The summed E-state index contributed by atoms with van der Waals surface area (Å²) < 4.78 is 0. The first kappa shape index (κ1) is 7.05. The van der Waals surface area contributed by atoms with Gasteiger partial charge in [-0.05, 0) is 0 Å². The van der Waals surface area contributed by atoms with Gasteiger partial charge in [0.25, 0.3) is 0 Å². The van der Waals surface area contributed by atoms with Crippen LogP contribution in [0.2, 0.25) is 0 Å². The van der Waals surface area contributed by atoms with Gasteiger partial charge in [0, 0.05) is 12.4 Å². The van der Waals surface area contributed by atoms with E-state index in [0.29, 0.717) is 0 Å². The lowest BCUT2D eigenvalue weighted by Crippen LogP contribution is -2.65. The number of fused-ring (bicyclic) bond motifs is 1. The summed E-state index contributed by atoms with van der Waals surface area (Å²) >= 11 is 0. The van der Waals surface area contributed by atoms with Crippen molar-refractivity contribution in [2.24, 2.45) is 5.73 Å². The zero-order valence-electron chi connectivity index (χ0n) is 6.22. The van der Waals surface area contributed by atoms with Gasteiger partial charge in [0.2, 0.25) is 0 Å². The molecule has 5 nitrogen and oxygen atoms in total. The summed E-state index contributed by atoms with van der Waals surface area (Å²) in [5, 5.41) is 12.6. The highest BCUT2D eigenvalue weighted by atomic mass is 15.4. The molecule has 2 saturated heterocycles. The van der Waals surface area contributed by atoms with Gasteiger partial charge < -0.3 is 5.32 Å². The maximum atomic E-state index is 5.63. The molecule has 0 saturated carbocycles. The van der Waals surface area contributed by atoms with Crippen LogP contribution in [0.15, 0.2) is 12.3 Å². The molecule has 0 spiro atoms. The maximum absolute atomic E-state index is 5.63. The summed E-state index contributed by atoms with van der Waals surface area (Å²) in [4.78, 5) is 0. The van der Waals surface area contributed by atoms with Crippen LogP contribution in [0.5, 0.6) is 0 Å². The van der Waals surface area contributed by atoms with E-state index in [-0.39, 0.29) is 18.5 Å². The number of hydrogen-bond acceptors (Lipinski definition) is 5. The van der Waals surface area contributed by atoms with Gasteiger partial charge in [-0.25, -0.2) is 0 Å². The molecule has 0 aliphatic carbocycles. The quantitative estimate of drug-likeness (QED) is 0.274. The van der Waals surface area contributed by atoms with Crippen molar-refractivity contribution < 1.29 is 0 Å². The molecule has 2 rings (SSSR count). The lowest BCUT2D eigenvalue weighted by molar-refractivity contribution is 0.310. The fourth-order valence-corrected chi connectivity index (χ4v) is 1.52. The number of nitrogens with one attached hydrogen (secondary N) is 4. The van der Waals surface area contributed by atoms with Gasteiger partial charge in [-0.1, -0.05) is 6.58 Å². The molecule has 2 heterocycles. The highest BCUT2D eigenvalue weighted by Gasteiger charge is 2.33. The Balaban J connectivity index is 2.10. The van der Waals surface area contributed by atoms with Gasteiger partial charge in [0.1, 0.15) is 6.29 Å². The van der Waals surface area contributed by atoms with Crippen molar-refractivity contribution in [3.63, 3.8) is 0 Å². The molecule has 0 bridgehead atoms. The van der Waals surface area contributed by atoms with E-state index in [1.165, 1.54) is 0 Å². The molecular weight excluding hydrogens is 142 g/mol. The topological polar surface area (TPSA) is 74.1 Å². The zero-order valence-corrected chi connectivity index (χ0v) is 6.22. The first-order valence-electron chi connectivity index (χ1n) is 3.71. The van der Waals surface area contributed by atoms with Gasteiger partial charge in [-0.15, -0.1) is 0 Å². The fraction of sp³-hybridized carbons (Fsp3) is 0.667. The van der Waals surface area contributed by atoms with Crippen LogP contribution >= 0.6 is 0 Å². The lowest BCUT2D eigenvalue weighted by Gasteiger charge is -2.33. The third-order valence-corrected chi connectivity index (χ3v) is 2.05. The lowest BCUT2D eigenvalue weighted by atomic mass is 10.1. The van der Waals surface area contributed by atoms with E-state index in [9.17, 15) is 0 Å². The fourth-order valence-electron chi connectivity index (χ4n) is 1.52. The Hall–Kier alpha value is -0.620. The number of rotatable bonds is 0. The minimum atomic E-state index is -0.184. The average Bonchev–Trinajstić information content (AvgIpc) is 2.34. The summed E-state index contributed by atoms with van der Waals surface area (Å²) in [6, 6.07) is 0.259. The molecule has 3 atom stereocenters. The molecule has 2 aliphatic heterocycles. The average molecular weight is 155 g/mol. The first-order chi connectivity index (χ1) is 5.27. The Kier molecular flexibility index (Phi) is 1.57. The van der Waals surface area contributed by atoms with Crippen LogP contribution in [0.25, 0.3) is 0 Å². The van der Waals surface area contributed by atoms with E-state index in [4.69, 9.17) is 5.73 Å². The second-order valence-electron chi connectivity index (χ2n) is 2.85. The van der Waals surface area contributed by atoms with Gasteiger partial charge in [-0.3, -0.25) is 21.7 Å². The molecule has 62 valence electrons. The van der Waals surface area contributed by atoms with Crippen molar-refractivity contribution >= 4 is 0 Å². The molecule has 2 fully saturated rings. The minimum Gasteiger partial charge on any atom is -0.360 e. The second-order valence-corrected chi connectivity index (χ2v) is 2.85. The Bertz CT molecular complexity index is 180. The van der Waals surface area contributed by atoms with E-state index in [1.807, 2.05) is 0 Å². The van der Waals surface area contributed by atoms with Crippen LogP contribution in [-0.4, -0.2) is 25.2 Å². The Labute approximate surface area is 65.4 Å². The first-order valence-corrected chi connectivity index (χ1v) is 3.71. The SMILES string of the molecule is C=C1NC(N)NC2NCNC12. The van der Waals surface area contributed by atoms with Crippen LogP contribution in [0, 0.1) is 0 Å². The highest BCUT2D eigenvalue weighted by Crippen LogP contribution is 2.08. The normalized spacial score (nSPS) is 43.4. The highest BCUT2D eigenvalue weighted by molar-refractivity contribution is 5.13. The Morgan fingerprint density at radius 2 is 2.27 bits per heavy atom. The number of nitrogens with two attached hydrogens (primary N) is 1. The molecule has 3 unspecified atom stereocenters. The smallest absolute Gasteiger partial charge is 0.130 e. The Morgan fingerprint density at radius 3 is 3.09 bits per heavy atom. The van der Waals surface area contributed by atoms with E-state index in [2.05, 4.69) is 27.8 Å². The van der Waals surface area contributed by atoms with Crippen molar-refractivity contribution in [1.82, 2.24) is 21.3 Å². The summed E-state index contributed by atoms with van der Waals surface area (Å²) in [5.74, 6) is 0. The molecule has 11 heavy (non-hydrogen) atoms. The molecule has 6 N–H and O–H groups in total. The molecule has 2 aliphatic rings. The van der Waals surface area contributed by atoms with Gasteiger partial charge in [0.05, 0.1) is 12.2 Å². The zero-order chi connectivity index (χ0) is 7.84. The van der Waals surface area contributed by atoms with Crippen LogP contribution in [0.1, 0.15) is 0 Å².